The number of rotatable bonds is 4. The van der Waals surface area contributed by atoms with E-state index in [0.29, 0.717) is 5.56 Å². The van der Waals surface area contributed by atoms with E-state index in [1.165, 1.54) is 5.56 Å². The Morgan fingerprint density at radius 2 is 2.07 bits per heavy atom. The lowest BCUT2D eigenvalue weighted by Gasteiger charge is -2.10. The maximum absolute atomic E-state index is 11.2. The number of benzene rings is 1. The van der Waals surface area contributed by atoms with Crippen molar-refractivity contribution < 1.29 is 4.79 Å². The largest absolute Gasteiger partial charge is 0.366 e. The Hall–Kier alpha value is -1.31. The maximum Gasteiger partial charge on any atom is 0.248 e. The number of hydrogen-bond donors (Lipinski definition) is 1. The third kappa shape index (κ3) is 2.13. The molecule has 0 bridgehead atoms. The standard InChI is InChI=1S/C12H17NO/c1-3-6-9-7-5-8-11(12(13)14)10(9)4-2/h5,7-8H,3-4,6H2,1-2H3,(H2,13,14). The molecule has 0 saturated heterocycles. The van der Waals surface area contributed by atoms with Crippen molar-refractivity contribution in [1.29, 1.82) is 0 Å². The number of nitrogens with two attached hydrogens (primary N) is 1. The minimum absolute atomic E-state index is 0.320. The molecule has 0 aliphatic carbocycles. The number of primary amides is 1. The lowest BCUT2D eigenvalue weighted by atomic mass is 9.96. The predicted molar refractivity (Wildman–Crippen MR) is 58.3 cm³/mol. The molecule has 0 aromatic heterocycles. The molecule has 14 heavy (non-hydrogen) atoms. The lowest BCUT2D eigenvalue weighted by Crippen LogP contribution is -2.14. The van der Waals surface area contributed by atoms with Gasteiger partial charge in [0.25, 0.3) is 0 Å². The number of hydrogen-bond acceptors (Lipinski definition) is 1. The summed E-state index contributed by atoms with van der Waals surface area (Å²) in [5, 5.41) is 0. The summed E-state index contributed by atoms with van der Waals surface area (Å²) in [5.74, 6) is -0.320. The summed E-state index contributed by atoms with van der Waals surface area (Å²) in [6.07, 6.45) is 2.98. The summed E-state index contributed by atoms with van der Waals surface area (Å²) in [6, 6.07) is 5.79. The zero-order valence-corrected chi connectivity index (χ0v) is 8.84. The van der Waals surface area contributed by atoms with Crippen molar-refractivity contribution in [2.45, 2.75) is 33.1 Å². The van der Waals surface area contributed by atoms with E-state index in [4.69, 9.17) is 5.73 Å². The Labute approximate surface area is 85.1 Å². The van der Waals surface area contributed by atoms with Gasteiger partial charge in [-0.3, -0.25) is 4.79 Å². The lowest BCUT2D eigenvalue weighted by molar-refractivity contribution is 0.0999. The van der Waals surface area contributed by atoms with E-state index in [9.17, 15) is 4.79 Å². The molecule has 0 aliphatic rings. The van der Waals surface area contributed by atoms with Gasteiger partial charge in [0.05, 0.1) is 0 Å². The molecular weight excluding hydrogens is 174 g/mol. The molecule has 0 fully saturated rings. The second-order valence-electron chi connectivity index (χ2n) is 3.41. The number of carbonyl (C=O) groups is 1. The Kier molecular flexibility index (Phi) is 3.69. The van der Waals surface area contributed by atoms with Gasteiger partial charge in [0.2, 0.25) is 5.91 Å². The fourth-order valence-electron chi connectivity index (χ4n) is 1.79. The van der Waals surface area contributed by atoms with Gasteiger partial charge >= 0.3 is 0 Å². The fourth-order valence-corrected chi connectivity index (χ4v) is 1.79. The fraction of sp³-hybridized carbons (Fsp3) is 0.417. The van der Waals surface area contributed by atoms with Gasteiger partial charge in [-0.15, -0.1) is 0 Å². The van der Waals surface area contributed by atoms with E-state index in [2.05, 4.69) is 19.9 Å². The van der Waals surface area contributed by atoms with E-state index in [1.54, 1.807) is 6.07 Å². The second kappa shape index (κ2) is 4.80. The van der Waals surface area contributed by atoms with Gasteiger partial charge in [-0.2, -0.15) is 0 Å². The molecule has 0 saturated carbocycles. The van der Waals surface area contributed by atoms with Gasteiger partial charge in [-0.1, -0.05) is 32.4 Å². The molecule has 1 rings (SSSR count). The van der Waals surface area contributed by atoms with Crippen molar-refractivity contribution in [3.8, 4) is 0 Å². The quantitative estimate of drug-likeness (QED) is 0.779. The number of amides is 1. The van der Waals surface area contributed by atoms with Crippen LogP contribution in [0.3, 0.4) is 0 Å². The molecule has 2 nitrogen and oxygen atoms in total. The summed E-state index contributed by atoms with van der Waals surface area (Å²) in [7, 11) is 0. The van der Waals surface area contributed by atoms with Crippen LogP contribution in [0.1, 0.15) is 41.8 Å². The smallest absolute Gasteiger partial charge is 0.248 e. The van der Waals surface area contributed by atoms with Gasteiger partial charge in [0.15, 0.2) is 0 Å². The van der Waals surface area contributed by atoms with Crippen LogP contribution < -0.4 is 5.73 Å². The molecule has 0 spiro atoms. The highest BCUT2D eigenvalue weighted by molar-refractivity contribution is 5.94. The Balaban J connectivity index is 3.17. The zero-order chi connectivity index (χ0) is 10.6. The summed E-state index contributed by atoms with van der Waals surface area (Å²) in [6.45, 7) is 4.19. The Morgan fingerprint density at radius 3 is 2.57 bits per heavy atom. The van der Waals surface area contributed by atoms with Crippen LogP contribution in [0.2, 0.25) is 0 Å². The summed E-state index contributed by atoms with van der Waals surface area (Å²) in [4.78, 5) is 11.2. The Bertz CT molecular complexity index is 331. The predicted octanol–water partition coefficient (Wildman–Crippen LogP) is 2.30. The van der Waals surface area contributed by atoms with Crippen molar-refractivity contribution in [3.63, 3.8) is 0 Å². The van der Waals surface area contributed by atoms with E-state index in [0.717, 1.165) is 24.8 Å². The Morgan fingerprint density at radius 1 is 1.36 bits per heavy atom. The van der Waals surface area contributed by atoms with Gasteiger partial charge in [-0.25, -0.2) is 0 Å². The van der Waals surface area contributed by atoms with Crippen LogP contribution in [0, 0.1) is 0 Å². The molecule has 0 radical (unpaired) electrons. The molecule has 0 unspecified atom stereocenters. The van der Waals surface area contributed by atoms with Gasteiger partial charge in [-0.05, 0) is 30.0 Å². The summed E-state index contributed by atoms with van der Waals surface area (Å²) < 4.78 is 0. The molecule has 0 heterocycles. The minimum Gasteiger partial charge on any atom is -0.366 e. The van der Waals surface area contributed by atoms with Crippen molar-refractivity contribution >= 4 is 5.91 Å². The maximum atomic E-state index is 11.2. The first-order valence-corrected chi connectivity index (χ1v) is 5.11. The van der Waals surface area contributed by atoms with Gasteiger partial charge in [0, 0.05) is 5.56 Å². The third-order valence-corrected chi connectivity index (χ3v) is 2.41. The first-order valence-electron chi connectivity index (χ1n) is 5.11. The topological polar surface area (TPSA) is 43.1 Å². The second-order valence-corrected chi connectivity index (χ2v) is 3.41. The highest BCUT2D eigenvalue weighted by Crippen LogP contribution is 2.16. The van der Waals surface area contributed by atoms with Crippen LogP contribution >= 0.6 is 0 Å². The number of carbonyl (C=O) groups excluding carboxylic acids is 1. The van der Waals surface area contributed by atoms with Crippen molar-refractivity contribution in [2.24, 2.45) is 5.73 Å². The summed E-state index contributed by atoms with van der Waals surface area (Å²) in [5.41, 5.74) is 8.36. The molecule has 2 N–H and O–H groups in total. The molecule has 76 valence electrons. The van der Waals surface area contributed by atoms with E-state index in [-0.39, 0.29) is 5.91 Å². The molecular formula is C12H17NO. The number of aryl methyl sites for hydroxylation is 1. The van der Waals surface area contributed by atoms with Crippen LogP contribution in [0.4, 0.5) is 0 Å². The van der Waals surface area contributed by atoms with Crippen LogP contribution in [-0.4, -0.2) is 5.91 Å². The van der Waals surface area contributed by atoms with Crippen LogP contribution in [0.25, 0.3) is 0 Å². The monoisotopic (exact) mass is 191 g/mol. The van der Waals surface area contributed by atoms with E-state index >= 15 is 0 Å². The summed E-state index contributed by atoms with van der Waals surface area (Å²) >= 11 is 0. The van der Waals surface area contributed by atoms with Crippen LogP contribution in [0.5, 0.6) is 0 Å². The minimum atomic E-state index is -0.320. The zero-order valence-electron chi connectivity index (χ0n) is 8.84. The van der Waals surface area contributed by atoms with Crippen LogP contribution in [-0.2, 0) is 12.8 Å². The third-order valence-electron chi connectivity index (χ3n) is 2.41. The average molecular weight is 191 g/mol. The highest BCUT2D eigenvalue weighted by Gasteiger charge is 2.09. The highest BCUT2D eigenvalue weighted by atomic mass is 16.1. The van der Waals surface area contributed by atoms with Crippen LogP contribution in [0.15, 0.2) is 18.2 Å². The van der Waals surface area contributed by atoms with E-state index < -0.39 is 0 Å². The first kappa shape index (κ1) is 10.8. The van der Waals surface area contributed by atoms with Crippen molar-refractivity contribution in [2.75, 3.05) is 0 Å². The molecule has 1 amide bonds. The average Bonchev–Trinajstić information content (AvgIpc) is 2.18. The molecule has 0 atom stereocenters. The molecule has 1 aromatic rings. The normalized spacial score (nSPS) is 10.1. The van der Waals surface area contributed by atoms with Gasteiger partial charge in [0.1, 0.15) is 0 Å². The SMILES string of the molecule is CCCc1cccc(C(N)=O)c1CC. The molecule has 0 aliphatic heterocycles. The van der Waals surface area contributed by atoms with E-state index in [1.807, 2.05) is 6.07 Å². The first-order chi connectivity index (χ1) is 6.70. The molecule has 2 heteroatoms. The van der Waals surface area contributed by atoms with Gasteiger partial charge < -0.3 is 5.73 Å². The van der Waals surface area contributed by atoms with Crippen molar-refractivity contribution in [1.82, 2.24) is 0 Å². The van der Waals surface area contributed by atoms with Crippen molar-refractivity contribution in [3.05, 3.63) is 34.9 Å². The molecule has 1 aromatic carbocycles.